The Morgan fingerprint density at radius 3 is 2.63 bits per heavy atom. The van der Waals surface area contributed by atoms with E-state index in [4.69, 9.17) is 9.84 Å². The Morgan fingerprint density at radius 2 is 2.16 bits per heavy atom. The molecule has 1 N–H and O–H groups in total. The third-order valence-electron chi connectivity index (χ3n) is 2.61. The van der Waals surface area contributed by atoms with Gasteiger partial charge in [0.25, 0.3) is 5.69 Å². The Hall–Kier alpha value is -2.15. The van der Waals surface area contributed by atoms with Crippen LogP contribution in [0.5, 0.6) is 5.75 Å². The Kier molecular flexibility index (Phi) is 5.25. The molecule has 7 heteroatoms. The van der Waals surface area contributed by atoms with Crippen molar-refractivity contribution in [2.75, 3.05) is 20.2 Å². The molecule has 0 aliphatic carbocycles. The number of carbonyl (C=O) groups is 1. The largest absolute Gasteiger partial charge is 0.496 e. The molecule has 0 saturated heterocycles. The minimum atomic E-state index is -0.931. The van der Waals surface area contributed by atoms with Crippen molar-refractivity contribution in [2.45, 2.75) is 13.5 Å². The maximum atomic E-state index is 10.8. The van der Waals surface area contributed by atoms with Crippen molar-refractivity contribution in [3.63, 3.8) is 0 Å². The highest BCUT2D eigenvalue weighted by Gasteiger charge is 2.13. The molecule has 0 amide bonds. The van der Waals surface area contributed by atoms with Gasteiger partial charge in [-0.25, -0.2) is 0 Å². The first kappa shape index (κ1) is 14.9. The lowest BCUT2D eigenvalue weighted by atomic mass is 10.1. The highest BCUT2D eigenvalue weighted by molar-refractivity contribution is 5.69. The molecule has 1 aromatic carbocycles. The molecular formula is C12H16N2O5. The van der Waals surface area contributed by atoms with Crippen LogP contribution in [0.1, 0.15) is 12.5 Å². The van der Waals surface area contributed by atoms with Gasteiger partial charge in [-0.05, 0) is 18.2 Å². The second-order valence-corrected chi connectivity index (χ2v) is 3.99. The number of non-ortho nitro benzene ring substituents is 1. The first-order chi connectivity index (χ1) is 8.96. The highest BCUT2D eigenvalue weighted by atomic mass is 16.6. The molecule has 0 saturated carbocycles. The van der Waals surface area contributed by atoms with Gasteiger partial charge in [-0.15, -0.1) is 0 Å². The molecule has 104 valence electrons. The smallest absolute Gasteiger partial charge is 0.317 e. The maximum Gasteiger partial charge on any atom is 0.317 e. The average molecular weight is 268 g/mol. The molecule has 1 aromatic rings. The van der Waals surface area contributed by atoms with Gasteiger partial charge in [-0.1, -0.05) is 6.92 Å². The van der Waals surface area contributed by atoms with Crippen molar-refractivity contribution in [2.24, 2.45) is 0 Å². The Morgan fingerprint density at radius 1 is 1.47 bits per heavy atom. The number of carboxylic acids is 1. The number of nitro groups is 1. The van der Waals surface area contributed by atoms with Crippen molar-refractivity contribution in [1.29, 1.82) is 0 Å². The zero-order chi connectivity index (χ0) is 14.4. The monoisotopic (exact) mass is 268 g/mol. The summed E-state index contributed by atoms with van der Waals surface area (Å²) in [4.78, 5) is 22.6. The molecule has 7 nitrogen and oxygen atoms in total. The number of methoxy groups -OCH3 is 1. The van der Waals surface area contributed by atoms with Crippen molar-refractivity contribution in [3.8, 4) is 5.75 Å². The number of ether oxygens (including phenoxy) is 1. The Labute approximate surface area is 110 Å². The van der Waals surface area contributed by atoms with E-state index in [2.05, 4.69) is 0 Å². The van der Waals surface area contributed by atoms with Gasteiger partial charge in [-0.3, -0.25) is 19.8 Å². The van der Waals surface area contributed by atoms with Crippen LogP contribution in [0.4, 0.5) is 5.69 Å². The van der Waals surface area contributed by atoms with Crippen LogP contribution in [0.15, 0.2) is 18.2 Å². The van der Waals surface area contributed by atoms with E-state index in [1.54, 1.807) is 11.0 Å². The van der Waals surface area contributed by atoms with Crippen LogP contribution in [0.2, 0.25) is 0 Å². The van der Waals surface area contributed by atoms with Gasteiger partial charge in [0, 0.05) is 12.6 Å². The SMILES string of the molecule is CCN(CC(=O)O)Cc1cc(OC)cc([N+](=O)[O-])c1. The van der Waals surface area contributed by atoms with Gasteiger partial charge >= 0.3 is 5.97 Å². The van der Waals surface area contributed by atoms with E-state index in [1.165, 1.54) is 19.2 Å². The molecular weight excluding hydrogens is 252 g/mol. The number of hydrogen-bond donors (Lipinski definition) is 1. The number of likely N-dealkylation sites (N-methyl/N-ethyl adjacent to an activating group) is 1. The first-order valence-electron chi connectivity index (χ1n) is 5.72. The van der Waals surface area contributed by atoms with E-state index < -0.39 is 10.9 Å². The summed E-state index contributed by atoms with van der Waals surface area (Å²) >= 11 is 0. The van der Waals surface area contributed by atoms with Gasteiger partial charge in [0.15, 0.2) is 0 Å². The van der Waals surface area contributed by atoms with Gasteiger partial charge in [0.05, 0.1) is 24.6 Å². The van der Waals surface area contributed by atoms with E-state index in [-0.39, 0.29) is 12.2 Å². The summed E-state index contributed by atoms with van der Waals surface area (Å²) in [5, 5.41) is 19.6. The Bertz CT molecular complexity index is 475. The fourth-order valence-corrected chi connectivity index (χ4v) is 1.69. The molecule has 0 aliphatic rings. The summed E-state index contributed by atoms with van der Waals surface area (Å²) in [5.74, 6) is -0.546. The van der Waals surface area contributed by atoms with Gasteiger partial charge in [0.1, 0.15) is 5.75 Å². The van der Waals surface area contributed by atoms with Gasteiger partial charge in [-0.2, -0.15) is 0 Å². The second-order valence-electron chi connectivity index (χ2n) is 3.99. The lowest BCUT2D eigenvalue weighted by Crippen LogP contribution is -2.29. The second kappa shape index (κ2) is 6.69. The number of rotatable bonds is 7. The summed E-state index contributed by atoms with van der Waals surface area (Å²) in [6, 6.07) is 4.42. The summed E-state index contributed by atoms with van der Waals surface area (Å²) in [7, 11) is 1.43. The third-order valence-corrected chi connectivity index (χ3v) is 2.61. The number of aliphatic carboxylic acids is 1. The van der Waals surface area contributed by atoms with E-state index >= 15 is 0 Å². The number of carboxylic acid groups (broad SMARTS) is 1. The van der Waals surface area contributed by atoms with Crippen LogP contribution in [-0.2, 0) is 11.3 Å². The average Bonchev–Trinajstić information content (AvgIpc) is 2.36. The van der Waals surface area contributed by atoms with Crippen LogP contribution in [0.25, 0.3) is 0 Å². The standard InChI is InChI=1S/C12H16N2O5/c1-3-13(8-12(15)16)7-9-4-10(14(17)18)6-11(5-9)19-2/h4-6H,3,7-8H2,1-2H3,(H,15,16). The molecule has 0 atom stereocenters. The van der Waals surface area contributed by atoms with Crippen LogP contribution < -0.4 is 4.74 Å². The van der Waals surface area contributed by atoms with E-state index in [1.807, 2.05) is 6.92 Å². The molecule has 19 heavy (non-hydrogen) atoms. The van der Waals surface area contributed by atoms with Gasteiger partial charge < -0.3 is 9.84 Å². The molecule has 1 rings (SSSR count). The topological polar surface area (TPSA) is 92.9 Å². The zero-order valence-corrected chi connectivity index (χ0v) is 10.8. The molecule has 0 radical (unpaired) electrons. The fourth-order valence-electron chi connectivity index (χ4n) is 1.69. The van der Waals surface area contributed by atoms with Crippen LogP contribution in [-0.4, -0.2) is 41.1 Å². The molecule has 0 unspecified atom stereocenters. The maximum absolute atomic E-state index is 10.8. The van der Waals surface area contributed by atoms with Crippen molar-refractivity contribution in [1.82, 2.24) is 4.90 Å². The normalized spacial score (nSPS) is 10.5. The first-order valence-corrected chi connectivity index (χ1v) is 5.72. The predicted octanol–water partition coefficient (Wildman–Crippen LogP) is 1.51. The third kappa shape index (κ3) is 4.55. The Balaban J connectivity index is 2.95. The van der Waals surface area contributed by atoms with E-state index in [0.29, 0.717) is 24.4 Å². The summed E-state index contributed by atoms with van der Waals surface area (Å²) in [5.41, 5.74) is 0.579. The lowest BCUT2D eigenvalue weighted by molar-refractivity contribution is -0.385. The number of nitrogens with zero attached hydrogens (tertiary/aromatic N) is 2. The predicted molar refractivity (Wildman–Crippen MR) is 68.2 cm³/mol. The molecule has 0 fully saturated rings. The molecule has 0 heterocycles. The van der Waals surface area contributed by atoms with E-state index in [9.17, 15) is 14.9 Å². The van der Waals surface area contributed by atoms with Gasteiger partial charge in [0.2, 0.25) is 0 Å². The minimum Gasteiger partial charge on any atom is -0.496 e. The molecule has 0 spiro atoms. The number of benzene rings is 1. The van der Waals surface area contributed by atoms with Crippen LogP contribution in [0.3, 0.4) is 0 Å². The van der Waals surface area contributed by atoms with E-state index in [0.717, 1.165) is 0 Å². The molecule has 0 aliphatic heterocycles. The molecule has 0 bridgehead atoms. The number of nitro benzene ring substituents is 1. The fraction of sp³-hybridized carbons (Fsp3) is 0.417. The zero-order valence-electron chi connectivity index (χ0n) is 10.8. The molecule has 0 aromatic heterocycles. The summed E-state index contributed by atoms with van der Waals surface area (Å²) in [6.07, 6.45) is 0. The van der Waals surface area contributed by atoms with Crippen molar-refractivity contribution < 1.29 is 19.6 Å². The minimum absolute atomic E-state index is 0.0688. The van der Waals surface area contributed by atoms with Crippen molar-refractivity contribution >= 4 is 11.7 Å². The van der Waals surface area contributed by atoms with Crippen molar-refractivity contribution in [3.05, 3.63) is 33.9 Å². The van der Waals surface area contributed by atoms with Crippen LogP contribution in [0, 0.1) is 10.1 Å². The quantitative estimate of drug-likeness (QED) is 0.595. The lowest BCUT2D eigenvalue weighted by Gasteiger charge is -2.18. The summed E-state index contributed by atoms with van der Waals surface area (Å²) < 4.78 is 5.00. The summed E-state index contributed by atoms with van der Waals surface area (Å²) in [6.45, 7) is 2.58. The highest BCUT2D eigenvalue weighted by Crippen LogP contribution is 2.23. The van der Waals surface area contributed by atoms with Crippen LogP contribution >= 0.6 is 0 Å². The number of hydrogen-bond acceptors (Lipinski definition) is 5.